The van der Waals surface area contributed by atoms with Crippen LogP contribution in [0.15, 0.2) is 18.2 Å². The molecule has 0 bridgehead atoms. The van der Waals surface area contributed by atoms with Crippen LogP contribution in [-0.2, 0) is 14.4 Å². The number of halogens is 1. The number of nitrogens with zero attached hydrogens (tertiary/aromatic N) is 3. The van der Waals surface area contributed by atoms with Crippen LogP contribution in [-0.4, -0.2) is 46.1 Å². The second kappa shape index (κ2) is 7.98. The average molecular weight is 403 g/mol. The van der Waals surface area contributed by atoms with E-state index in [1.165, 1.54) is 18.2 Å². The fourth-order valence-electron chi connectivity index (χ4n) is 3.66. The summed E-state index contributed by atoms with van der Waals surface area (Å²) in [5.74, 6) is -2.40. The van der Waals surface area contributed by atoms with E-state index in [1.54, 1.807) is 0 Å². The molecule has 1 N–H and O–H groups in total. The largest absolute Gasteiger partial charge is 0.334 e. The van der Waals surface area contributed by atoms with E-state index in [4.69, 9.17) is 16.9 Å². The minimum Gasteiger partial charge on any atom is -0.324 e. The van der Waals surface area contributed by atoms with E-state index in [9.17, 15) is 19.2 Å². The molecule has 9 heteroatoms. The van der Waals surface area contributed by atoms with Crippen molar-refractivity contribution in [2.24, 2.45) is 5.92 Å². The summed E-state index contributed by atoms with van der Waals surface area (Å²) in [6, 6.07) is 5.16. The molecule has 2 atom stereocenters. The number of amides is 5. The Balaban J connectivity index is 1.70. The number of anilines is 1. The van der Waals surface area contributed by atoms with Crippen molar-refractivity contribution in [2.45, 2.75) is 38.6 Å². The predicted octanol–water partition coefficient (Wildman–Crippen LogP) is 2.52. The van der Waals surface area contributed by atoms with Crippen LogP contribution in [0.3, 0.4) is 0 Å². The van der Waals surface area contributed by atoms with E-state index < -0.39 is 30.3 Å². The first-order valence-corrected chi connectivity index (χ1v) is 9.39. The van der Waals surface area contributed by atoms with Gasteiger partial charge in [0.25, 0.3) is 0 Å². The van der Waals surface area contributed by atoms with Gasteiger partial charge in [-0.25, -0.2) is 9.69 Å². The van der Waals surface area contributed by atoms with Gasteiger partial charge in [-0.3, -0.25) is 19.3 Å². The molecule has 0 spiro atoms. The second-order valence-corrected chi connectivity index (χ2v) is 7.44. The summed E-state index contributed by atoms with van der Waals surface area (Å²) in [5, 5.41) is 11.6. The van der Waals surface area contributed by atoms with Crippen molar-refractivity contribution in [3.63, 3.8) is 0 Å². The molecule has 1 aromatic rings. The number of imide groups is 2. The van der Waals surface area contributed by atoms with Gasteiger partial charge in [-0.15, -0.1) is 0 Å². The first-order valence-electron chi connectivity index (χ1n) is 9.02. The fourth-order valence-corrected chi connectivity index (χ4v) is 3.88. The van der Waals surface area contributed by atoms with Gasteiger partial charge in [0.1, 0.15) is 12.6 Å². The van der Waals surface area contributed by atoms with E-state index >= 15 is 0 Å². The molecule has 1 aliphatic carbocycles. The van der Waals surface area contributed by atoms with Crippen LogP contribution in [0.25, 0.3) is 0 Å². The Hall–Kier alpha value is -2.92. The zero-order chi connectivity index (χ0) is 20.4. The van der Waals surface area contributed by atoms with E-state index in [2.05, 4.69) is 5.32 Å². The molecule has 2 fully saturated rings. The quantitative estimate of drug-likeness (QED) is 0.614. The molecule has 0 unspecified atom stereocenters. The number of nitrogens with one attached hydrogen (secondary N) is 1. The maximum Gasteiger partial charge on any atom is 0.334 e. The number of urea groups is 1. The lowest BCUT2D eigenvalue weighted by Gasteiger charge is -2.34. The molecular weight excluding hydrogens is 384 g/mol. The number of nitriles is 1. The summed E-state index contributed by atoms with van der Waals surface area (Å²) in [6.07, 6.45) is 3.47. The van der Waals surface area contributed by atoms with Crippen LogP contribution >= 0.6 is 11.6 Å². The Morgan fingerprint density at radius 3 is 2.61 bits per heavy atom. The Bertz CT molecular complexity index is 894. The molecule has 0 radical (unpaired) electrons. The molecular formula is C19H19ClN4O4. The number of carbonyl (C=O) groups is 4. The predicted molar refractivity (Wildman–Crippen MR) is 100 cm³/mol. The number of rotatable bonds is 4. The zero-order valence-corrected chi connectivity index (χ0v) is 16.0. The highest BCUT2D eigenvalue weighted by atomic mass is 35.5. The van der Waals surface area contributed by atoms with Crippen molar-refractivity contribution in [3.05, 3.63) is 28.8 Å². The Kier molecular flexibility index (Phi) is 5.66. The molecule has 1 aliphatic heterocycles. The van der Waals surface area contributed by atoms with Gasteiger partial charge in [0.15, 0.2) is 0 Å². The highest BCUT2D eigenvalue weighted by Gasteiger charge is 2.49. The Morgan fingerprint density at radius 2 is 1.96 bits per heavy atom. The van der Waals surface area contributed by atoms with Crippen molar-refractivity contribution in [2.75, 3.05) is 11.9 Å². The summed E-state index contributed by atoms with van der Waals surface area (Å²) in [6.45, 7) is 1.39. The van der Waals surface area contributed by atoms with Gasteiger partial charge in [-0.05, 0) is 37.0 Å². The third kappa shape index (κ3) is 3.71. The number of hydrogen-bond acceptors (Lipinski definition) is 5. The number of benzene rings is 1. The van der Waals surface area contributed by atoms with E-state index in [1.807, 2.05) is 13.0 Å². The highest BCUT2D eigenvalue weighted by Crippen LogP contribution is 2.31. The molecule has 3 rings (SSSR count). The monoisotopic (exact) mass is 402 g/mol. The van der Waals surface area contributed by atoms with E-state index in [-0.39, 0.29) is 22.5 Å². The molecule has 146 valence electrons. The van der Waals surface area contributed by atoms with Crippen LogP contribution in [0.1, 0.15) is 38.2 Å². The van der Waals surface area contributed by atoms with Crippen LogP contribution in [0.2, 0.25) is 5.02 Å². The van der Waals surface area contributed by atoms with Gasteiger partial charge in [0.05, 0.1) is 10.6 Å². The van der Waals surface area contributed by atoms with Crippen molar-refractivity contribution in [1.29, 1.82) is 5.26 Å². The summed E-state index contributed by atoms with van der Waals surface area (Å²) >= 11 is 5.92. The molecule has 1 heterocycles. The maximum atomic E-state index is 12.7. The lowest BCUT2D eigenvalue weighted by molar-refractivity contribution is -0.145. The van der Waals surface area contributed by atoms with Crippen LogP contribution in [0.4, 0.5) is 10.5 Å². The van der Waals surface area contributed by atoms with Gasteiger partial charge < -0.3 is 5.32 Å². The van der Waals surface area contributed by atoms with Gasteiger partial charge in [-0.1, -0.05) is 31.4 Å². The molecule has 28 heavy (non-hydrogen) atoms. The topological polar surface area (TPSA) is 111 Å². The van der Waals surface area contributed by atoms with Gasteiger partial charge in [-0.2, -0.15) is 5.26 Å². The van der Waals surface area contributed by atoms with Crippen LogP contribution in [0, 0.1) is 17.2 Å². The molecule has 1 saturated carbocycles. The number of hydrogen-bond donors (Lipinski definition) is 1. The lowest BCUT2D eigenvalue weighted by Crippen LogP contribution is -2.46. The van der Waals surface area contributed by atoms with Crippen molar-refractivity contribution >= 4 is 41.0 Å². The first kappa shape index (κ1) is 19.8. The van der Waals surface area contributed by atoms with Crippen LogP contribution in [0.5, 0.6) is 0 Å². The van der Waals surface area contributed by atoms with E-state index in [0.717, 1.165) is 24.2 Å². The zero-order valence-electron chi connectivity index (χ0n) is 15.3. The molecule has 1 saturated heterocycles. The van der Waals surface area contributed by atoms with Crippen molar-refractivity contribution in [1.82, 2.24) is 9.80 Å². The standard InChI is InChI=1S/C19H19ClN4O4/c1-11-4-2-3-5-15(11)24-18(27)17(26)23(19(24)28)10-16(25)22-13-7-6-12(9-21)14(20)8-13/h6-8,11,15H,2-5,10H2,1H3,(H,22,25)/t11-,15+/m1/s1. The van der Waals surface area contributed by atoms with Gasteiger partial charge >= 0.3 is 17.8 Å². The summed E-state index contributed by atoms with van der Waals surface area (Å²) < 4.78 is 0. The molecule has 8 nitrogen and oxygen atoms in total. The Labute approximate surface area is 167 Å². The SMILES string of the molecule is C[C@@H]1CCCC[C@@H]1N1C(=O)C(=O)N(CC(=O)Nc2ccc(C#N)c(Cl)c2)C1=O. The second-order valence-electron chi connectivity index (χ2n) is 7.03. The summed E-state index contributed by atoms with van der Waals surface area (Å²) in [5.41, 5.74) is 0.574. The summed E-state index contributed by atoms with van der Waals surface area (Å²) in [7, 11) is 0. The first-order chi connectivity index (χ1) is 13.3. The minimum absolute atomic E-state index is 0.115. The van der Waals surface area contributed by atoms with Gasteiger partial charge in [0.2, 0.25) is 5.91 Å². The average Bonchev–Trinajstić information content (AvgIpc) is 2.86. The molecule has 5 amide bonds. The van der Waals surface area contributed by atoms with Crippen molar-refractivity contribution in [3.8, 4) is 6.07 Å². The third-order valence-corrected chi connectivity index (χ3v) is 5.47. The highest BCUT2D eigenvalue weighted by molar-refractivity contribution is 6.45. The molecule has 0 aromatic heterocycles. The molecule has 1 aromatic carbocycles. The fraction of sp³-hybridized carbons (Fsp3) is 0.421. The molecule has 2 aliphatic rings. The summed E-state index contributed by atoms with van der Waals surface area (Å²) in [4.78, 5) is 51.3. The lowest BCUT2D eigenvalue weighted by atomic mass is 9.85. The van der Waals surface area contributed by atoms with Crippen molar-refractivity contribution < 1.29 is 19.2 Å². The van der Waals surface area contributed by atoms with Gasteiger partial charge in [0, 0.05) is 11.7 Å². The van der Waals surface area contributed by atoms with E-state index in [0.29, 0.717) is 17.0 Å². The normalized spacial score (nSPS) is 22.4. The third-order valence-electron chi connectivity index (χ3n) is 5.16. The smallest absolute Gasteiger partial charge is 0.324 e. The number of carbonyl (C=O) groups excluding carboxylic acids is 4. The maximum absolute atomic E-state index is 12.7. The minimum atomic E-state index is -0.990. The Morgan fingerprint density at radius 1 is 1.25 bits per heavy atom. The van der Waals surface area contributed by atoms with Crippen LogP contribution < -0.4 is 5.32 Å².